The topological polar surface area (TPSA) is 29.9 Å². The van der Waals surface area contributed by atoms with E-state index in [0.717, 1.165) is 30.9 Å². The van der Waals surface area contributed by atoms with Crippen LogP contribution in [0, 0.1) is 10.8 Å². The first kappa shape index (κ1) is 14.6. The molecule has 1 heterocycles. The SMILES string of the molecule is CCCn1c(CNC2C(C)(C)C2(C)C)nc2ccccc21. The number of rotatable bonds is 5. The lowest BCUT2D eigenvalue weighted by molar-refractivity contribution is 0.457. The minimum absolute atomic E-state index is 0.370. The molecule has 0 atom stereocenters. The van der Waals surface area contributed by atoms with Gasteiger partial charge in [0.1, 0.15) is 5.82 Å². The highest BCUT2D eigenvalue weighted by Gasteiger charge is 2.64. The summed E-state index contributed by atoms with van der Waals surface area (Å²) in [4.78, 5) is 4.83. The predicted molar refractivity (Wildman–Crippen MR) is 88.2 cm³/mol. The van der Waals surface area contributed by atoms with E-state index in [1.165, 1.54) is 5.52 Å². The molecule has 0 unspecified atom stereocenters. The molecule has 1 N–H and O–H groups in total. The summed E-state index contributed by atoms with van der Waals surface area (Å²) in [6.45, 7) is 13.5. The van der Waals surface area contributed by atoms with E-state index in [2.05, 4.69) is 68.8 Å². The van der Waals surface area contributed by atoms with E-state index < -0.39 is 0 Å². The number of hydrogen-bond acceptors (Lipinski definition) is 2. The smallest absolute Gasteiger partial charge is 0.123 e. The van der Waals surface area contributed by atoms with Gasteiger partial charge < -0.3 is 9.88 Å². The monoisotopic (exact) mass is 285 g/mol. The Morgan fingerprint density at radius 2 is 1.81 bits per heavy atom. The standard InChI is InChI=1S/C18H27N3/c1-6-11-21-14-10-8-7-9-13(14)20-15(21)12-19-16-17(2,3)18(16,4)5/h7-10,16,19H,6,11-12H2,1-5H3. The van der Waals surface area contributed by atoms with Crippen LogP contribution >= 0.6 is 0 Å². The van der Waals surface area contributed by atoms with Crippen LogP contribution in [0.1, 0.15) is 46.9 Å². The molecule has 1 aromatic heterocycles. The fourth-order valence-corrected chi connectivity index (χ4v) is 3.63. The molecule has 1 aliphatic carbocycles. The molecule has 0 spiro atoms. The maximum absolute atomic E-state index is 4.83. The lowest BCUT2D eigenvalue weighted by Crippen LogP contribution is -2.24. The third-order valence-corrected chi connectivity index (χ3v) is 5.67. The highest BCUT2D eigenvalue weighted by Crippen LogP contribution is 2.62. The molecule has 3 nitrogen and oxygen atoms in total. The molecule has 1 aromatic carbocycles. The zero-order valence-corrected chi connectivity index (χ0v) is 13.9. The van der Waals surface area contributed by atoms with E-state index in [1.54, 1.807) is 0 Å². The average molecular weight is 285 g/mol. The summed E-state index contributed by atoms with van der Waals surface area (Å²) >= 11 is 0. The van der Waals surface area contributed by atoms with Gasteiger partial charge in [-0.25, -0.2) is 4.98 Å². The van der Waals surface area contributed by atoms with Crippen LogP contribution in [0.15, 0.2) is 24.3 Å². The van der Waals surface area contributed by atoms with Crippen molar-refractivity contribution in [3.8, 4) is 0 Å². The first-order chi connectivity index (χ1) is 9.89. The predicted octanol–water partition coefficient (Wildman–Crippen LogP) is 3.97. The lowest BCUT2D eigenvalue weighted by Gasteiger charge is -2.10. The van der Waals surface area contributed by atoms with Crippen LogP contribution in [-0.4, -0.2) is 15.6 Å². The molecule has 0 aliphatic heterocycles. The van der Waals surface area contributed by atoms with Gasteiger partial charge in [-0.15, -0.1) is 0 Å². The molecule has 0 saturated heterocycles. The first-order valence-electron chi connectivity index (χ1n) is 8.07. The summed E-state index contributed by atoms with van der Waals surface area (Å²) in [6, 6.07) is 9.01. The molecule has 1 fully saturated rings. The van der Waals surface area contributed by atoms with E-state index in [9.17, 15) is 0 Å². The van der Waals surface area contributed by atoms with Gasteiger partial charge in [-0.2, -0.15) is 0 Å². The maximum Gasteiger partial charge on any atom is 0.123 e. The van der Waals surface area contributed by atoms with Gasteiger partial charge in [0.15, 0.2) is 0 Å². The third kappa shape index (κ3) is 2.18. The Hall–Kier alpha value is -1.35. The Morgan fingerprint density at radius 1 is 1.14 bits per heavy atom. The van der Waals surface area contributed by atoms with Gasteiger partial charge in [-0.3, -0.25) is 0 Å². The molecule has 0 amide bonds. The Bertz CT molecular complexity index is 638. The molecule has 21 heavy (non-hydrogen) atoms. The number of aryl methyl sites for hydroxylation is 1. The molecule has 0 radical (unpaired) electrons. The van der Waals surface area contributed by atoms with Crippen LogP contribution in [0.25, 0.3) is 11.0 Å². The molecule has 3 heteroatoms. The number of aromatic nitrogens is 2. The van der Waals surface area contributed by atoms with Crippen molar-refractivity contribution < 1.29 is 0 Å². The second kappa shape index (κ2) is 4.84. The zero-order valence-electron chi connectivity index (χ0n) is 13.9. The first-order valence-corrected chi connectivity index (χ1v) is 8.07. The number of para-hydroxylation sites is 2. The van der Waals surface area contributed by atoms with E-state index in [-0.39, 0.29) is 0 Å². The van der Waals surface area contributed by atoms with Gasteiger partial charge >= 0.3 is 0 Å². The largest absolute Gasteiger partial charge is 0.327 e. The number of nitrogens with one attached hydrogen (secondary N) is 1. The van der Waals surface area contributed by atoms with E-state index >= 15 is 0 Å². The summed E-state index contributed by atoms with van der Waals surface area (Å²) in [5.74, 6) is 1.16. The van der Waals surface area contributed by atoms with Crippen molar-refractivity contribution in [3.05, 3.63) is 30.1 Å². The number of hydrogen-bond donors (Lipinski definition) is 1. The summed E-state index contributed by atoms with van der Waals surface area (Å²) in [5, 5.41) is 3.73. The van der Waals surface area contributed by atoms with Crippen molar-refractivity contribution >= 4 is 11.0 Å². The van der Waals surface area contributed by atoms with Crippen molar-refractivity contribution in [2.75, 3.05) is 0 Å². The Kier molecular flexibility index (Phi) is 3.36. The number of nitrogens with zero attached hydrogens (tertiary/aromatic N) is 2. The molecule has 2 aromatic rings. The van der Waals surface area contributed by atoms with Crippen LogP contribution in [0.3, 0.4) is 0 Å². The second-order valence-corrected chi connectivity index (χ2v) is 7.43. The number of fused-ring (bicyclic) bond motifs is 1. The fraction of sp³-hybridized carbons (Fsp3) is 0.611. The van der Waals surface area contributed by atoms with Crippen molar-refractivity contribution in [2.45, 2.75) is 60.2 Å². The normalized spacial score (nSPS) is 20.0. The van der Waals surface area contributed by atoms with E-state index in [0.29, 0.717) is 16.9 Å². The molecule has 3 rings (SSSR count). The number of benzene rings is 1. The molecule has 1 saturated carbocycles. The number of imidazole rings is 1. The second-order valence-electron chi connectivity index (χ2n) is 7.43. The van der Waals surface area contributed by atoms with Crippen molar-refractivity contribution in [1.82, 2.24) is 14.9 Å². The van der Waals surface area contributed by atoms with E-state index in [1.807, 2.05) is 0 Å². The zero-order chi connectivity index (χ0) is 15.3. The van der Waals surface area contributed by atoms with Crippen LogP contribution < -0.4 is 5.32 Å². The minimum atomic E-state index is 0.370. The molecule has 114 valence electrons. The Morgan fingerprint density at radius 3 is 2.43 bits per heavy atom. The molecular formula is C18H27N3. The maximum atomic E-state index is 4.83. The minimum Gasteiger partial charge on any atom is -0.327 e. The van der Waals surface area contributed by atoms with Gasteiger partial charge in [0.2, 0.25) is 0 Å². The summed E-state index contributed by atoms with van der Waals surface area (Å²) in [6.07, 6.45) is 1.13. The summed E-state index contributed by atoms with van der Waals surface area (Å²) < 4.78 is 2.37. The van der Waals surface area contributed by atoms with Gasteiger partial charge in [0.25, 0.3) is 0 Å². The molecular weight excluding hydrogens is 258 g/mol. The third-order valence-electron chi connectivity index (χ3n) is 5.67. The van der Waals surface area contributed by atoms with Crippen LogP contribution in [0.5, 0.6) is 0 Å². The van der Waals surface area contributed by atoms with Crippen molar-refractivity contribution in [3.63, 3.8) is 0 Å². The summed E-state index contributed by atoms with van der Waals surface area (Å²) in [5.41, 5.74) is 3.10. The quantitative estimate of drug-likeness (QED) is 0.901. The Balaban J connectivity index is 1.83. The molecule has 0 bridgehead atoms. The van der Waals surface area contributed by atoms with Gasteiger partial charge in [0, 0.05) is 12.6 Å². The van der Waals surface area contributed by atoms with Gasteiger partial charge in [-0.1, -0.05) is 46.8 Å². The van der Waals surface area contributed by atoms with E-state index in [4.69, 9.17) is 4.98 Å². The van der Waals surface area contributed by atoms with Crippen molar-refractivity contribution in [1.29, 1.82) is 0 Å². The van der Waals surface area contributed by atoms with Crippen LogP contribution in [-0.2, 0) is 13.1 Å². The lowest BCUT2D eigenvalue weighted by atomic mass is 10.0. The highest BCUT2D eigenvalue weighted by molar-refractivity contribution is 5.75. The molecule has 1 aliphatic rings. The van der Waals surface area contributed by atoms with Gasteiger partial charge in [-0.05, 0) is 29.4 Å². The van der Waals surface area contributed by atoms with Crippen molar-refractivity contribution in [2.24, 2.45) is 10.8 Å². The fourth-order valence-electron chi connectivity index (χ4n) is 3.63. The average Bonchev–Trinajstić information content (AvgIpc) is 2.72. The highest BCUT2D eigenvalue weighted by atomic mass is 15.1. The Labute approximate surface area is 127 Å². The van der Waals surface area contributed by atoms with Gasteiger partial charge in [0.05, 0.1) is 17.6 Å². The van der Waals surface area contributed by atoms with Crippen LogP contribution in [0.4, 0.5) is 0 Å². The van der Waals surface area contributed by atoms with Crippen LogP contribution in [0.2, 0.25) is 0 Å². The summed E-state index contributed by atoms with van der Waals surface area (Å²) in [7, 11) is 0.